The second kappa shape index (κ2) is 8.89. The number of halogens is 1. The molecular weight excluding hydrogens is 424 g/mol. The highest BCUT2D eigenvalue weighted by atomic mass is 35.5. The summed E-state index contributed by atoms with van der Waals surface area (Å²) in [6, 6.07) is 14.9. The zero-order valence-electron chi connectivity index (χ0n) is 18.5. The van der Waals surface area contributed by atoms with Gasteiger partial charge in [-0.25, -0.2) is 4.98 Å². The van der Waals surface area contributed by atoms with Gasteiger partial charge >= 0.3 is 0 Å². The summed E-state index contributed by atoms with van der Waals surface area (Å²) >= 11 is 6.01. The Morgan fingerprint density at radius 1 is 1.16 bits per heavy atom. The molecule has 0 aliphatic carbocycles. The molecule has 5 nitrogen and oxygen atoms in total. The Balaban J connectivity index is 1.53. The summed E-state index contributed by atoms with van der Waals surface area (Å²) in [7, 11) is 1.65. The van der Waals surface area contributed by atoms with Crippen molar-refractivity contribution in [3.63, 3.8) is 0 Å². The van der Waals surface area contributed by atoms with Crippen molar-refractivity contribution in [1.29, 1.82) is 0 Å². The van der Waals surface area contributed by atoms with Gasteiger partial charge in [0.25, 0.3) is 0 Å². The number of methoxy groups -OCH3 is 1. The van der Waals surface area contributed by atoms with Gasteiger partial charge in [0.1, 0.15) is 11.5 Å². The number of pyridine rings is 1. The van der Waals surface area contributed by atoms with E-state index in [4.69, 9.17) is 26.1 Å². The van der Waals surface area contributed by atoms with Crippen molar-refractivity contribution in [2.24, 2.45) is 11.8 Å². The summed E-state index contributed by atoms with van der Waals surface area (Å²) in [5.74, 6) is 3.29. The Labute approximate surface area is 193 Å². The molecule has 6 heteroatoms. The molecule has 3 saturated heterocycles. The highest BCUT2D eigenvalue weighted by Crippen LogP contribution is 2.43. The molecule has 4 heterocycles. The molecule has 3 fully saturated rings. The van der Waals surface area contributed by atoms with Crippen LogP contribution in [0.15, 0.2) is 48.5 Å². The Kier molecular flexibility index (Phi) is 5.97. The van der Waals surface area contributed by atoms with E-state index in [1.54, 1.807) is 19.2 Å². The van der Waals surface area contributed by atoms with Gasteiger partial charge in [-0.05, 0) is 79.3 Å². The van der Waals surface area contributed by atoms with Gasteiger partial charge in [0, 0.05) is 29.1 Å². The van der Waals surface area contributed by atoms with Crippen molar-refractivity contribution in [2.75, 3.05) is 20.2 Å². The fraction of sp³-hybridized carbons (Fsp3) is 0.423. The maximum atomic E-state index is 11.6. The van der Waals surface area contributed by atoms with Gasteiger partial charge in [0.05, 0.1) is 18.7 Å². The van der Waals surface area contributed by atoms with Gasteiger partial charge in [-0.2, -0.15) is 0 Å². The Morgan fingerprint density at radius 2 is 1.94 bits per heavy atom. The predicted molar refractivity (Wildman–Crippen MR) is 127 cm³/mol. The van der Waals surface area contributed by atoms with Gasteiger partial charge in [-0.1, -0.05) is 24.9 Å². The quantitative estimate of drug-likeness (QED) is 0.509. The molecule has 2 aromatic carbocycles. The third-order valence-electron chi connectivity index (χ3n) is 7.20. The molecule has 0 amide bonds. The third kappa shape index (κ3) is 4.05. The van der Waals surface area contributed by atoms with Crippen LogP contribution in [0, 0.1) is 11.8 Å². The first kappa shape index (κ1) is 21.5. The molecule has 6 rings (SSSR count). The molecule has 1 N–H and O–H groups in total. The summed E-state index contributed by atoms with van der Waals surface area (Å²) in [5, 5.41) is 13.2. The van der Waals surface area contributed by atoms with Crippen LogP contribution in [0.4, 0.5) is 0 Å². The molecule has 5 atom stereocenters. The van der Waals surface area contributed by atoms with Crippen LogP contribution < -0.4 is 9.47 Å². The molecule has 0 saturated carbocycles. The molecular formula is C26H29ClN2O3. The van der Waals surface area contributed by atoms with Gasteiger partial charge in [-0.3, -0.25) is 4.90 Å². The van der Waals surface area contributed by atoms with Gasteiger partial charge in [0.2, 0.25) is 5.88 Å². The number of rotatable bonds is 6. The lowest BCUT2D eigenvalue weighted by molar-refractivity contribution is -0.0562. The van der Waals surface area contributed by atoms with Crippen LogP contribution >= 0.6 is 11.6 Å². The summed E-state index contributed by atoms with van der Waals surface area (Å²) in [6.45, 7) is 4.41. The van der Waals surface area contributed by atoms with Crippen LogP contribution in [0.25, 0.3) is 10.9 Å². The first-order chi connectivity index (χ1) is 15.6. The fourth-order valence-corrected chi connectivity index (χ4v) is 5.56. The molecule has 3 aromatic rings. The van der Waals surface area contributed by atoms with Crippen molar-refractivity contribution in [3.05, 3.63) is 59.1 Å². The van der Waals surface area contributed by atoms with Crippen molar-refractivity contribution < 1.29 is 14.6 Å². The third-order valence-corrected chi connectivity index (χ3v) is 7.46. The van der Waals surface area contributed by atoms with Crippen LogP contribution in [0.3, 0.4) is 0 Å². The Hall–Kier alpha value is -2.34. The SMILES string of the molecule is CC[C@H]1CN2CC[C@H]1C[C@H]2[C@H](O)c1cc(Oc2ccc(Cl)cc2)nc2ccc(OC)cc12. The average Bonchev–Trinajstić information content (AvgIpc) is 2.84. The van der Waals surface area contributed by atoms with E-state index in [0.29, 0.717) is 22.6 Å². The van der Waals surface area contributed by atoms with E-state index in [2.05, 4.69) is 11.8 Å². The van der Waals surface area contributed by atoms with E-state index < -0.39 is 6.10 Å². The van der Waals surface area contributed by atoms with Crippen LogP contribution in [0.2, 0.25) is 5.02 Å². The number of benzene rings is 2. The van der Waals surface area contributed by atoms with Crippen molar-refractivity contribution >= 4 is 22.5 Å². The van der Waals surface area contributed by atoms with Crippen molar-refractivity contribution in [3.8, 4) is 17.4 Å². The average molecular weight is 453 g/mol. The predicted octanol–water partition coefficient (Wildman–Crippen LogP) is 5.84. The van der Waals surface area contributed by atoms with Gasteiger partial charge in [-0.15, -0.1) is 0 Å². The minimum atomic E-state index is -0.624. The van der Waals surface area contributed by atoms with Gasteiger partial charge in [0.15, 0.2) is 0 Å². The molecule has 0 radical (unpaired) electrons. The van der Waals surface area contributed by atoms with Crippen LogP contribution in [-0.2, 0) is 0 Å². The maximum Gasteiger partial charge on any atom is 0.220 e. The van der Waals surface area contributed by atoms with E-state index in [9.17, 15) is 5.11 Å². The second-order valence-corrected chi connectivity index (χ2v) is 9.39. The number of aromatic nitrogens is 1. The highest BCUT2D eigenvalue weighted by Gasteiger charge is 2.42. The summed E-state index contributed by atoms with van der Waals surface area (Å²) < 4.78 is 11.5. The number of aliphatic hydroxyl groups excluding tert-OH is 1. The van der Waals surface area contributed by atoms with Crippen molar-refractivity contribution in [1.82, 2.24) is 9.88 Å². The standard InChI is InChI=1S/C26H29ClN2O3/c1-3-16-15-29-11-10-17(16)12-24(29)26(30)22-14-25(32-19-6-4-18(27)5-7-19)28-23-9-8-20(31-2)13-21(22)23/h4-9,13-14,16-17,24,26,30H,3,10-12,15H2,1-2H3/t16-,17-,24-,26+/m0/s1. The van der Waals surface area contributed by atoms with E-state index in [1.807, 2.05) is 36.4 Å². The first-order valence-electron chi connectivity index (χ1n) is 11.4. The lowest BCUT2D eigenvalue weighted by atomic mass is 9.72. The number of hydrogen-bond donors (Lipinski definition) is 1. The Bertz CT molecular complexity index is 1100. The van der Waals surface area contributed by atoms with Crippen LogP contribution in [-0.4, -0.2) is 41.2 Å². The largest absolute Gasteiger partial charge is 0.497 e. The Morgan fingerprint density at radius 3 is 2.62 bits per heavy atom. The number of ether oxygens (including phenoxy) is 2. The maximum absolute atomic E-state index is 11.6. The van der Waals surface area contributed by atoms with E-state index in [1.165, 1.54) is 12.8 Å². The van der Waals surface area contributed by atoms with Crippen molar-refractivity contribution in [2.45, 2.75) is 38.3 Å². The lowest BCUT2D eigenvalue weighted by Crippen LogP contribution is -2.55. The number of piperidine rings is 3. The van der Waals surface area contributed by atoms with E-state index >= 15 is 0 Å². The number of hydrogen-bond acceptors (Lipinski definition) is 5. The molecule has 1 unspecified atom stereocenters. The number of aliphatic hydroxyl groups is 1. The summed E-state index contributed by atoms with van der Waals surface area (Å²) in [5.41, 5.74) is 1.61. The topological polar surface area (TPSA) is 54.8 Å². The fourth-order valence-electron chi connectivity index (χ4n) is 5.43. The number of nitrogens with zero attached hydrogens (tertiary/aromatic N) is 2. The van der Waals surface area contributed by atoms with Crippen LogP contribution in [0.5, 0.6) is 17.4 Å². The molecule has 1 aromatic heterocycles. The van der Waals surface area contributed by atoms with Crippen LogP contribution in [0.1, 0.15) is 37.9 Å². The molecule has 168 valence electrons. The monoisotopic (exact) mass is 452 g/mol. The molecule has 2 bridgehead atoms. The summed E-state index contributed by atoms with van der Waals surface area (Å²) in [6.07, 6.45) is 2.84. The minimum absolute atomic E-state index is 0.108. The second-order valence-electron chi connectivity index (χ2n) is 8.95. The number of fused-ring (bicyclic) bond motifs is 4. The molecule has 0 spiro atoms. The molecule has 3 aliphatic heterocycles. The van der Waals surface area contributed by atoms with E-state index in [-0.39, 0.29) is 6.04 Å². The van der Waals surface area contributed by atoms with E-state index in [0.717, 1.165) is 47.6 Å². The molecule has 3 aliphatic rings. The molecule has 32 heavy (non-hydrogen) atoms. The first-order valence-corrected chi connectivity index (χ1v) is 11.8. The summed E-state index contributed by atoms with van der Waals surface area (Å²) in [4.78, 5) is 7.17. The minimum Gasteiger partial charge on any atom is -0.497 e. The lowest BCUT2D eigenvalue weighted by Gasteiger charge is -2.51. The van der Waals surface area contributed by atoms with Gasteiger partial charge < -0.3 is 14.6 Å². The zero-order chi connectivity index (χ0) is 22.2. The highest BCUT2D eigenvalue weighted by molar-refractivity contribution is 6.30. The smallest absolute Gasteiger partial charge is 0.220 e. The normalized spacial score (nSPS) is 25.6. The zero-order valence-corrected chi connectivity index (χ0v) is 19.3.